The molecule has 4 heteroatoms. The van der Waals surface area contributed by atoms with Crippen molar-refractivity contribution in [2.75, 3.05) is 26.2 Å². The fourth-order valence-corrected chi connectivity index (χ4v) is 1.49. The summed E-state index contributed by atoms with van der Waals surface area (Å²) in [6.45, 7) is 2.58. The number of piperidine rings is 1. The highest BCUT2D eigenvalue weighted by Crippen LogP contribution is 2.09. The van der Waals surface area contributed by atoms with Crippen molar-refractivity contribution in [2.45, 2.75) is 25.0 Å². The predicted octanol–water partition coefficient (Wildman–Crippen LogP) is -1.24. The Kier molecular flexibility index (Phi) is 3.94. The number of aliphatic hydroxyl groups excluding tert-OH is 2. The number of hydrogen-bond acceptors (Lipinski definition) is 4. The Hall–Kier alpha value is -0.160. The molecule has 12 heavy (non-hydrogen) atoms. The topological polar surface area (TPSA) is 69.7 Å². The normalized spacial score (nSPS) is 24.2. The summed E-state index contributed by atoms with van der Waals surface area (Å²) >= 11 is 0. The summed E-state index contributed by atoms with van der Waals surface area (Å²) < 4.78 is 0. The lowest BCUT2D eigenvalue weighted by Crippen LogP contribution is -2.44. The molecular formula is C8H18N2O2. The molecule has 1 aliphatic heterocycles. The van der Waals surface area contributed by atoms with Crippen molar-refractivity contribution < 1.29 is 10.2 Å². The van der Waals surface area contributed by atoms with Crippen LogP contribution in [0.3, 0.4) is 0 Å². The second-order valence-electron chi connectivity index (χ2n) is 3.47. The zero-order valence-corrected chi connectivity index (χ0v) is 7.32. The van der Waals surface area contributed by atoms with Crippen LogP contribution in [0.15, 0.2) is 0 Å². The summed E-state index contributed by atoms with van der Waals surface area (Å²) in [4.78, 5) is 2.19. The summed E-state index contributed by atoms with van der Waals surface area (Å²) in [6, 6.07) is -0.139. The van der Waals surface area contributed by atoms with Crippen LogP contribution in [-0.2, 0) is 0 Å². The van der Waals surface area contributed by atoms with Crippen molar-refractivity contribution in [1.82, 2.24) is 4.90 Å². The zero-order chi connectivity index (χ0) is 8.97. The van der Waals surface area contributed by atoms with Gasteiger partial charge in [-0.05, 0) is 12.8 Å². The minimum atomic E-state index is -0.139. The van der Waals surface area contributed by atoms with Crippen molar-refractivity contribution in [2.24, 2.45) is 5.73 Å². The third-order valence-electron chi connectivity index (χ3n) is 2.28. The highest BCUT2D eigenvalue weighted by Gasteiger charge is 2.17. The molecule has 4 N–H and O–H groups in total. The van der Waals surface area contributed by atoms with E-state index in [0.29, 0.717) is 0 Å². The van der Waals surface area contributed by atoms with Gasteiger partial charge in [-0.2, -0.15) is 0 Å². The molecule has 72 valence electrons. The van der Waals surface area contributed by atoms with Gasteiger partial charge in [-0.15, -0.1) is 0 Å². The number of aliphatic hydroxyl groups is 2. The van der Waals surface area contributed by atoms with Crippen molar-refractivity contribution in [3.63, 3.8) is 0 Å². The third kappa shape index (κ3) is 3.06. The Bertz CT molecular complexity index is 124. The van der Waals surface area contributed by atoms with Gasteiger partial charge in [0.2, 0.25) is 0 Å². The Balaban J connectivity index is 2.17. The van der Waals surface area contributed by atoms with Gasteiger partial charge >= 0.3 is 0 Å². The molecule has 4 nitrogen and oxygen atoms in total. The number of likely N-dealkylation sites (tertiary alicyclic amines) is 1. The summed E-state index contributed by atoms with van der Waals surface area (Å²) in [5.74, 6) is 0. The molecule has 0 aromatic carbocycles. The molecular weight excluding hydrogens is 156 g/mol. The van der Waals surface area contributed by atoms with Gasteiger partial charge in [0.1, 0.15) is 0 Å². The molecule has 1 saturated heterocycles. The molecule has 0 amide bonds. The van der Waals surface area contributed by atoms with Crippen molar-refractivity contribution in [1.29, 1.82) is 0 Å². The molecule has 1 unspecified atom stereocenters. The lowest BCUT2D eigenvalue weighted by molar-refractivity contribution is 0.0758. The molecule has 0 radical (unpaired) electrons. The van der Waals surface area contributed by atoms with Gasteiger partial charge < -0.3 is 20.8 Å². The Morgan fingerprint density at radius 2 is 2.00 bits per heavy atom. The first-order chi connectivity index (χ1) is 5.72. The first-order valence-electron chi connectivity index (χ1n) is 4.49. The number of nitrogens with two attached hydrogens (primary N) is 1. The van der Waals surface area contributed by atoms with E-state index in [0.717, 1.165) is 32.5 Å². The van der Waals surface area contributed by atoms with Crippen molar-refractivity contribution in [3.05, 3.63) is 0 Å². The van der Waals surface area contributed by atoms with Gasteiger partial charge in [0.15, 0.2) is 0 Å². The number of rotatable bonds is 3. The molecule has 0 aliphatic carbocycles. The predicted molar refractivity (Wildman–Crippen MR) is 46.7 cm³/mol. The summed E-state index contributed by atoms with van der Waals surface area (Å²) in [5, 5.41) is 17.9. The second-order valence-corrected chi connectivity index (χ2v) is 3.47. The number of hydrogen-bond donors (Lipinski definition) is 3. The molecule has 0 saturated carbocycles. The quantitative estimate of drug-likeness (QED) is 0.501. The number of nitrogens with zero attached hydrogens (tertiary/aromatic N) is 1. The Morgan fingerprint density at radius 1 is 1.42 bits per heavy atom. The maximum atomic E-state index is 9.21. The van der Waals surface area contributed by atoms with Crippen LogP contribution in [-0.4, -0.2) is 53.5 Å². The van der Waals surface area contributed by atoms with Gasteiger partial charge in [0.05, 0.1) is 12.7 Å². The zero-order valence-electron chi connectivity index (χ0n) is 7.32. The van der Waals surface area contributed by atoms with E-state index in [1.54, 1.807) is 0 Å². The van der Waals surface area contributed by atoms with E-state index in [4.69, 9.17) is 10.8 Å². The van der Waals surface area contributed by atoms with Crippen LogP contribution < -0.4 is 5.73 Å². The van der Waals surface area contributed by atoms with Gasteiger partial charge in [-0.3, -0.25) is 0 Å². The van der Waals surface area contributed by atoms with Crippen LogP contribution in [0.5, 0.6) is 0 Å². The molecule has 1 atom stereocenters. The van der Waals surface area contributed by atoms with E-state index < -0.39 is 0 Å². The first-order valence-corrected chi connectivity index (χ1v) is 4.49. The van der Waals surface area contributed by atoms with Crippen LogP contribution in [0.1, 0.15) is 12.8 Å². The second kappa shape index (κ2) is 4.77. The maximum absolute atomic E-state index is 9.21. The molecule has 1 aliphatic rings. The van der Waals surface area contributed by atoms with Crippen LogP contribution in [0.4, 0.5) is 0 Å². The molecule has 1 fully saturated rings. The van der Waals surface area contributed by atoms with Crippen LogP contribution in [0.25, 0.3) is 0 Å². The standard InChI is InChI=1S/C8H18N2O2/c9-7(6-11)5-10-3-1-8(12)2-4-10/h7-8,11-12H,1-6,9H2. The fourth-order valence-electron chi connectivity index (χ4n) is 1.49. The SMILES string of the molecule is NC(CO)CN1CCC(O)CC1. The van der Waals surface area contributed by atoms with E-state index in [1.807, 2.05) is 0 Å². The summed E-state index contributed by atoms with van der Waals surface area (Å²) in [7, 11) is 0. The van der Waals surface area contributed by atoms with E-state index in [1.165, 1.54) is 0 Å². The summed E-state index contributed by atoms with van der Waals surface area (Å²) in [6.07, 6.45) is 1.53. The Labute approximate surface area is 73.0 Å². The minimum Gasteiger partial charge on any atom is -0.395 e. The molecule has 0 bridgehead atoms. The van der Waals surface area contributed by atoms with E-state index in [2.05, 4.69) is 4.90 Å². The fraction of sp³-hybridized carbons (Fsp3) is 1.00. The molecule has 0 spiro atoms. The third-order valence-corrected chi connectivity index (χ3v) is 2.28. The van der Waals surface area contributed by atoms with Crippen LogP contribution in [0, 0.1) is 0 Å². The minimum absolute atomic E-state index is 0.0407. The van der Waals surface area contributed by atoms with E-state index in [9.17, 15) is 5.11 Å². The van der Waals surface area contributed by atoms with Crippen LogP contribution >= 0.6 is 0 Å². The van der Waals surface area contributed by atoms with Crippen LogP contribution in [0.2, 0.25) is 0 Å². The Morgan fingerprint density at radius 3 is 2.50 bits per heavy atom. The molecule has 0 aromatic rings. The van der Waals surface area contributed by atoms with Gasteiger partial charge in [0.25, 0.3) is 0 Å². The molecule has 1 heterocycles. The monoisotopic (exact) mass is 174 g/mol. The van der Waals surface area contributed by atoms with Gasteiger partial charge in [-0.1, -0.05) is 0 Å². The molecule has 1 rings (SSSR count). The lowest BCUT2D eigenvalue weighted by atomic mass is 10.1. The van der Waals surface area contributed by atoms with Gasteiger partial charge in [0, 0.05) is 25.7 Å². The van der Waals surface area contributed by atoms with Crippen molar-refractivity contribution in [3.8, 4) is 0 Å². The smallest absolute Gasteiger partial charge is 0.0595 e. The van der Waals surface area contributed by atoms with E-state index in [-0.39, 0.29) is 18.8 Å². The van der Waals surface area contributed by atoms with E-state index >= 15 is 0 Å². The van der Waals surface area contributed by atoms with Gasteiger partial charge in [-0.25, -0.2) is 0 Å². The largest absolute Gasteiger partial charge is 0.395 e. The average molecular weight is 174 g/mol. The van der Waals surface area contributed by atoms with Crippen molar-refractivity contribution >= 4 is 0 Å². The highest BCUT2D eigenvalue weighted by molar-refractivity contribution is 4.74. The summed E-state index contributed by atoms with van der Waals surface area (Å²) in [5.41, 5.74) is 5.58. The maximum Gasteiger partial charge on any atom is 0.0595 e. The average Bonchev–Trinajstić information content (AvgIpc) is 2.09. The highest BCUT2D eigenvalue weighted by atomic mass is 16.3. The first kappa shape index (κ1) is 9.92. The lowest BCUT2D eigenvalue weighted by Gasteiger charge is -2.30. The molecule has 0 aromatic heterocycles.